The largest absolute Gasteiger partial charge is 0.486 e. The average Bonchev–Trinajstić information content (AvgIpc) is 2.79. The van der Waals surface area contributed by atoms with Crippen molar-refractivity contribution in [3.8, 4) is 5.75 Å². The van der Waals surface area contributed by atoms with Crippen molar-refractivity contribution in [3.63, 3.8) is 0 Å². The minimum Gasteiger partial charge on any atom is -0.486 e. The number of benzene rings is 1. The smallest absolute Gasteiger partial charge is 0.139 e. The van der Waals surface area contributed by atoms with Crippen LogP contribution in [0.2, 0.25) is 0 Å². The number of fused-ring (bicyclic) bond motifs is 1. The molecule has 5 heteroatoms. The van der Waals surface area contributed by atoms with Crippen molar-refractivity contribution in [1.82, 2.24) is 4.98 Å². The molecule has 1 aromatic heterocycles. The highest BCUT2D eigenvalue weighted by molar-refractivity contribution is 7.18. The summed E-state index contributed by atoms with van der Waals surface area (Å²) in [5, 5.41) is 1.08. The van der Waals surface area contributed by atoms with Gasteiger partial charge in [-0.25, -0.2) is 9.37 Å². The fourth-order valence-electron chi connectivity index (χ4n) is 1.66. The maximum absolute atomic E-state index is 13.2. The summed E-state index contributed by atoms with van der Waals surface area (Å²) in [5.41, 5.74) is 6.15. The number of ether oxygens (including phenoxy) is 1. The second-order valence-corrected chi connectivity index (χ2v) is 6.60. The Morgan fingerprint density at radius 3 is 2.85 bits per heavy atom. The van der Waals surface area contributed by atoms with Crippen molar-refractivity contribution >= 4 is 21.6 Å². The van der Waals surface area contributed by atoms with Crippen LogP contribution in [-0.2, 0) is 5.41 Å². The van der Waals surface area contributed by atoms with Crippen LogP contribution >= 0.6 is 11.3 Å². The van der Waals surface area contributed by atoms with E-state index in [9.17, 15) is 4.39 Å². The van der Waals surface area contributed by atoms with E-state index in [0.717, 1.165) is 15.2 Å². The van der Waals surface area contributed by atoms with Gasteiger partial charge in [-0.1, -0.05) is 20.8 Å². The monoisotopic (exact) mass is 294 g/mol. The Hall–Kier alpha value is -1.46. The van der Waals surface area contributed by atoms with E-state index >= 15 is 0 Å². The Labute approximate surface area is 122 Å². The highest BCUT2D eigenvalue weighted by Gasteiger charge is 2.18. The van der Waals surface area contributed by atoms with Crippen molar-refractivity contribution in [2.45, 2.75) is 26.2 Å². The van der Waals surface area contributed by atoms with Gasteiger partial charge in [0.1, 0.15) is 18.2 Å². The van der Waals surface area contributed by atoms with Gasteiger partial charge in [0.05, 0.1) is 15.2 Å². The highest BCUT2D eigenvalue weighted by atomic mass is 32.1. The number of halogens is 1. The van der Waals surface area contributed by atoms with E-state index in [1.54, 1.807) is 11.3 Å². The van der Waals surface area contributed by atoms with Crippen molar-refractivity contribution in [1.29, 1.82) is 0 Å². The molecule has 2 aromatic rings. The summed E-state index contributed by atoms with van der Waals surface area (Å²) in [6, 6.07) is 5.64. The molecule has 20 heavy (non-hydrogen) atoms. The van der Waals surface area contributed by atoms with Gasteiger partial charge in [0.25, 0.3) is 0 Å². The second-order valence-electron chi connectivity index (χ2n) is 5.57. The lowest BCUT2D eigenvalue weighted by molar-refractivity contribution is 0.318. The lowest BCUT2D eigenvalue weighted by Crippen LogP contribution is -2.09. The molecule has 0 spiro atoms. The van der Waals surface area contributed by atoms with E-state index in [1.807, 2.05) is 18.2 Å². The van der Waals surface area contributed by atoms with Crippen molar-refractivity contribution in [3.05, 3.63) is 35.1 Å². The quantitative estimate of drug-likeness (QED) is 0.933. The van der Waals surface area contributed by atoms with Gasteiger partial charge in [-0.2, -0.15) is 0 Å². The van der Waals surface area contributed by atoms with Crippen LogP contribution in [0.5, 0.6) is 5.75 Å². The first-order valence-corrected chi connectivity index (χ1v) is 7.30. The van der Waals surface area contributed by atoms with Crippen LogP contribution in [-0.4, -0.2) is 18.1 Å². The van der Waals surface area contributed by atoms with E-state index < -0.39 is 0 Å². The van der Waals surface area contributed by atoms with Gasteiger partial charge in [-0.05, 0) is 18.2 Å². The second kappa shape index (κ2) is 5.89. The zero-order chi connectivity index (χ0) is 14.8. The first-order valence-electron chi connectivity index (χ1n) is 6.48. The number of nitrogens with zero attached hydrogens (tertiary/aromatic N) is 1. The number of rotatable bonds is 4. The first kappa shape index (κ1) is 14.9. The lowest BCUT2D eigenvalue weighted by Gasteiger charge is -2.13. The SMILES string of the molecule is CC(C)(C)c1nc2cc(OCC(F)=CCN)ccc2s1. The molecule has 0 aliphatic heterocycles. The third-order valence-corrected chi connectivity index (χ3v) is 4.18. The predicted octanol–water partition coefficient (Wildman–Crippen LogP) is 3.78. The third kappa shape index (κ3) is 3.55. The summed E-state index contributed by atoms with van der Waals surface area (Å²) in [6.45, 7) is 6.48. The molecule has 0 unspecified atom stereocenters. The molecule has 0 bridgehead atoms. The minimum absolute atomic E-state index is 0.0285. The third-order valence-electron chi connectivity index (χ3n) is 2.72. The molecule has 0 fully saturated rings. The zero-order valence-corrected chi connectivity index (χ0v) is 12.8. The normalized spacial score (nSPS) is 12.9. The Balaban J connectivity index is 2.19. The summed E-state index contributed by atoms with van der Waals surface area (Å²) < 4.78 is 19.7. The van der Waals surface area contributed by atoms with Crippen LogP contribution in [0, 0.1) is 0 Å². The molecule has 0 atom stereocenters. The van der Waals surface area contributed by atoms with Crippen LogP contribution < -0.4 is 10.5 Å². The van der Waals surface area contributed by atoms with Gasteiger partial charge >= 0.3 is 0 Å². The number of hydrogen-bond acceptors (Lipinski definition) is 4. The van der Waals surface area contributed by atoms with Crippen LogP contribution in [0.25, 0.3) is 10.2 Å². The maximum Gasteiger partial charge on any atom is 0.139 e. The lowest BCUT2D eigenvalue weighted by atomic mass is 9.98. The molecule has 3 nitrogen and oxygen atoms in total. The topological polar surface area (TPSA) is 48.1 Å². The molecule has 0 aliphatic rings. The summed E-state index contributed by atoms with van der Waals surface area (Å²) in [4.78, 5) is 4.62. The number of aromatic nitrogens is 1. The summed E-state index contributed by atoms with van der Waals surface area (Å²) in [5.74, 6) is 0.255. The summed E-state index contributed by atoms with van der Waals surface area (Å²) >= 11 is 1.68. The molecule has 2 N–H and O–H groups in total. The van der Waals surface area contributed by atoms with Gasteiger partial charge in [-0.15, -0.1) is 11.3 Å². The molecular weight excluding hydrogens is 275 g/mol. The van der Waals surface area contributed by atoms with Gasteiger partial charge in [0, 0.05) is 18.0 Å². The standard InChI is InChI=1S/C15H19FN2OS/c1-15(2,3)14-18-12-8-11(4-5-13(12)20-14)19-9-10(16)6-7-17/h4-6,8H,7,9,17H2,1-3H3. The molecule has 108 valence electrons. The fraction of sp³-hybridized carbons (Fsp3) is 0.400. The van der Waals surface area contributed by atoms with Crippen molar-refractivity contribution in [2.75, 3.05) is 13.2 Å². The summed E-state index contributed by atoms with van der Waals surface area (Å²) in [6.07, 6.45) is 1.30. The van der Waals surface area contributed by atoms with E-state index in [0.29, 0.717) is 5.75 Å². The Kier molecular flexibility index (Phi) is 4.40. The van der Waals surface area contributed by atoms with Crippen LogP contribution in [0.1, 0.15) is 25.8 Å². The van der Waals surface area contributed by atoms with Gasteiger partial charge in [0.2, 0.25) is 0 Å². The van der Waals surface area contributed by atoms with Gasteiger partial charge in [0.15, 0.2) is 0 Å². The highest BCUT2D eigenvalue weighted by Crippen LogP contribution is 2.32. The van der Waals surface area contributed by atoms with Crippen LogP contribution in [0.4, 0.5) is 4.39 Å². The fourth-order valence-corrected chi connectivity index (χ4v) is 2.66. The number of hydrogen-bond donors (Lipinski definition) is 1. The van der Waals surface area contributed by atoms with Crippen LogP contribution in [0.3, 0.4) is 0 Å². The molecule has 1 aromatic carbocycles. The number of nitrogens with two attached hydrogens (primary N) is 1. The Morgan fingerprint density at radius 2 is 2.20 bits per heavy atom. The average molecular weight is 294 g/mol. The molecule has 0 saturated heterocycles. The Morgan fingerprint density at radius 1 is 1.45 bits per heavy atom. The van der Waals surface area contributed by atoms with E-state index in [4.69, 9.17) is 10.5 Å². The summed E-state index contributed by atoms with van der Waals surface area (Å²) in [7, 11) is 0. The van der Waals surface area contributed by atoms with Gasteiger partial charge < -0.3 is 10.5 Å². The van der Waals surface area contributed by atoms with E-state index in [-0.39, 0.29) is 24.4 Å². The maximum atomic E-state index is 13.2. The zero-order valence-electron chi connectivity index (χ0n) is 11.9. The molecule has 0 aliphatic carbocycles. The Bertz CT molecular complexity index is 628. The number of thiazole rings is 1. The molecule has 2 rings (SSSR count). The predicted molar refractivity (Wildman–Crippen MR) is 82.1 cm³/mol. The first-order chi connectivity index (χ1) is 9.40. The van der Waals surface area contributed by atoms with Crippen molar-refractivity contribution in [2.24, 2.45) is 5.73 Å². The molecule has 0 saturated carbocycles. The van der Waals surface area contributed by atoms with Crippen molar-refractivity contribution < 1.29 is 9.13 Å². The van der Waals surface area contributed by atoms with Gasteiger partial charge in [-0.3, -0.25) is 0 Å². The minimum atomic E-state index is -0.360. The molecule has 1 heterocycles. The van der Waals surface area contributed by atoms with Crippen LogP contribution in [0.15, 0.2) is 30.1 Å². The molecule has 0 amide bonds. The molecular formula is C15H19FN2OS. The van der Waals surface area contributed by atoms with E-state index in [1.165, 1.54) is 6.08 Å². The van der Waals surface area contributed by atoms with E-state index in [2.05, 4.69) is 25.8 Å². The molecule has 0 radical (unpaired) electrons.